The molecule has 0 aliphatic carbocycles. The number of nitrogens with zero attached hydrogens (tertiary/aromatic N) is 1. The van der Waals surface area contributed by atoms with Crippen LogP contribution in [0.5, 0.6) is 0 Å². The molecule has 1 fully saturated rings. The third kappa shape index (κ3) is 4.65. The van der Waals surface area contributed by atoms with Gasteiger partial charge in [-0.1, -0.05) is 0 Å². The van der Waals surface area contributed by atoms with Crippen molar-refractivity contribution in [3.63, 3.8) is 0 Å². The van der Waals surface area contributed by atoms with Crippen molar-refractivity contribution < 1.29 is 18.2 Å². The lowest BCUT2D eigenvalue weighted by atomic mass is 10.7. The van der Waals surface area contributed by atoms with E-state index in [0.717, 1.165) is 25.5 Å². The summed E-state index contributed by atoms with van der Waals surface area (Å²) in [7, 11) is 0. The predicted molar refractivity (Wildman–Crippen MR) is 39.3 cm³/mol. The van der Waals surface area contributed by atoms with E-state index in [1.807, 2.05) is 0 Å². The Morgan fingerprint density at radius 1 is 1.27 bits per heavy atom. The van der Waals surface area contributed by atoms with E-state index in [0.29, 0.717) is 0 Å². The Balaban J connectivity index is 0.000000112. The summed E-state index contributed by atoms with van der Waals surface area (Å²) in [5, 5.41) is 3.24. The highest BCUT2D eigenvalue weighted by molar-refractivity contribution is 7.90. The molecular weight excluding hydrogens is 170 g/mol. The monoisotopic (exact) mass is 177 g/mol. The summed E-state index contributed by atoms with van der Waals surface area (Å²) in [6.45, 7) is 1.48. The Kier molecular flexibility index (Phi) is 4.58. The molecule has 0 aromatic rings. The lowest BCUT2D eigenvalue weighted by molar-refractivity contribution is -0.251. The number of hydrogen-bond donors (Lipinski definition) is 0. The van der Waals surface area contributed by atoms with Crippen molar-refractivity contribution in [3.05, 3.63) is 12.3 Å². The fourth-order valence-electron chi connectivity index (χ4n) is 0.347. The van der Waals surface area contributed by atoms with Gasteiger partial charge in [0.1, 0.15) is 6.26 Å². The van der Waals surface area contributed by atoms with Crippen molar-refractivity contribution in [1.29, 1.82) is 0 Å². The van der Waals surface area contributed by atoms with Gasteiger partial charge >= 0.3 is 0 Å². The van der Waals surface area contributed by atoms with Crippen LogP contribution in [0.1, 0.15) is 0 Å². The van der Waals surface area contributed by atoms with Crippen LogP contribution >= 0.6 is 12.3 Å². The molecule has 2 rings (SSSR count). The van der Waals surface area contributed by atoms with Crippen molar-refractivity contribution >= 4 is 18.5 Å². The molecule has 0 atom stereocenters. The molecule has 2 heterocycles. The molecule has 6 heteroatoms. The average Bonchev–Trinajstić information content (AvgIpc) is 2.64. The number of hydrogen-bond acceptors (Lipinski definition) is 6. The summed E-state index contributed by atoms with van der Waals surface area (Å²) in [5.41, 5.74) is 0. The van der Waals surface area contributed by atoms with Gasteiger partial charge in [0.2, 0.25) is 0 Å². The normalized spacial score (nSPS) is 19.6. The molecule has 1 saturated heterocycles. The second-order valence-corrected chi connectivity index (χ2v) is 2.07. The van der Waals surface area contributed by atoms with Gasteiger partial charge < -0.3 is 0 Å². The van der Waals surface area contributed by atoms with E-state index in [-0.39, 0.29) is 0 Å². The molecule has 2 aliphatic rings. The lowest BCUT2D eigenvalue weighted by Crippen LogP contribution is -1.82. The molecule has 11 heavy (non-hydrogen) atoms. The Bertz CT molecular complexity index is 126. The highest BCUT2D eigenvalue weighted by Gasteiger charge is 1.97. The van der Waals surface area contributed by atoms with E-state index in [4.69, 9.17) is 0 Å². The first-order valence-electron chi connectivity index (χ1n) is 2.92. The lowest BCUT2D eigenvalue weighted by Gasteiger charge is -1.92. The van der Waals surface area contributed by atoms with Crippen molar-refractivity contribution in [2.45, 2.75) is 0 Å². The highest BCUT2D eigenvalue weighted by Crippen LogP contribution is 2.09. The SMILES string of the molecule is C1=COON=C1.C1COSO1. The van der Waals surface area contributed by atoms with E-state index >= 15 is 0 Å². The number of rotatable bonds is 0. The summed E-state index contributed by atoms with van der Waals surface area (Å²) in [6.07, 6.45) is 4.51. The molecule has 0 N–H and O–H groups in total. The first-order chi connectivity index (χ1) is 5.50. The molecule has 0 radical (unpaired) electrons. The molecule has 0 aromatic carbocycles. The zero-order valence-corrected chi connectivity index (χ0v) is 6.45. The first kappa shape index (κ1) is 8.38. The maximum atomic E-state index is 4.64. The van der Waals surface area contributed by atoms with Gasteiger partial charge in [0, 0.05) is 0 Å². The van der Waals surface area contributed by atoms with E-state index in [1.165, 1.54) is 12.5 Å². The maximum absolute atomic E-state index is 4.64. The molecule has 0 spiro atoms. The third-order valence-electron chi connectivity index (χ3n) is 0.713. The van der Waals surface area contributed by atoms with Gasteiger partial charge in [-0.15, -0.1) is 0 Å². The molecule has 2 aliphatic heterocycles. The Labute approximate surface area is 68.3 Å². The van der Waals surface area contributed by atoms with Crippen molar-refractivity contribution in [3.8, 4) is 0 Å². The second kappa shape index (κ2) is 6.02. The van der Waals surface area contributed by atoms with Crippen LogP contribution in [-0.4, -0.2) is 19.4 Å². The Hall–Kier alpha value is -0.720. The van der Waals surface area contributed by atoms with Crippen LogP contribution in [0, 0.1) is 0 Å². The molecule has 62 valence electrons. The fourth-order valence-corrected chi connectivity index (χ4v) is 0.687. The average molecular weight is 177 g/mol. The van der Waals surface area contributed by atoms with Crippen molar-refractivity contribution in [2.24, 2.45) is 5.16 Å². The van der Waals surface area contributed by atoms with Crippen LogP contribution in [0.25, 0.3) is 0 Å². The zero-order chi connectivity index (χ0) is 7.78. The molecule has 0 bridgehead atoms. The largest absolute Gasteiger partial charge is 0.289 e. The topological polar surface area (TPSA) is 49.3 Å². The van der Waals surface area contributed by atoms with Gasteiger partial charge in [-0.05, 0) is 11.2 Å². The third-order valence-corrected chi connectivity index (χ3v) is 1.24. The summed E-state index contributed by atoms with van der Waals surface area (Å²) in [6, 6.07) is 0. The van der Waals surface area contributed by atoms with Crippen LogP contribution < -0.4 is 0 Å². The van der Waals surface area contributed by atoms with Crippen LogP contribution in [-0.2, 0) is 18.2 Å². The summed E-state index contributed by atoms with van der Waals surface area (Å²) in [5.74, 6) is 0. The molecular formula is C5H7NO4S. The Morgan fingerprint density at radius 3 is 2.27 bits per heavy atom. The molecule has 0 amide bonds. The van der Waals surface area contributed by atoms with Crippen LogP contribution in [0.2, 0.25) is 0 Å². The minimum Gasteiger partial charge on any atom is -0.289 e. The van der Waals surface area contributed by atoms with Crippen molar-refractivity contribution in [2.75, 3.05) is 13.2 Å². The van der Waals surface area contributed by atoms with Gasteiger partial charge in [0.05, 0.1) is 19.4 Å². The predicted octanol–water partition coefficient (Wildman–Crippen LogP) is 1.04. The molecule has 0 unspecified atom stereocenters. The standard InChI is InChI=1S/C3H3NO2.C2H4O2S/c1-2-4-6-5-3-1;1-2-4-5-3-1/h1-3H;1-2H2. The second-order valence-electron chi connectivity index (χ2n) is 1.47. The Morgan fingerprint density at radius 2 is 2.09 bits per heavy atom. The van der Waals surface area contributed by atoms with Crippen LogP contribution in [0.15, 0.2) is 17.5 Å². The van der Waals surface area contributed by atoms with E-state index < -0.39 is 0 Å². The van der Waals surface area contributed by atoms with E-state index in [2.05, 4.69) is 23.4 Å². The summed E-state index contributed by atoms with van der Waals surface area (Å²) < 4.78 is 9.28. The van der Waals surface area contributed by atoms with Crippen molar-refractivity contribution in [1.82, 2.24) is 0 Å². The summed E-state index contributed by atoms with van der Waals surface area (Å²) in [4.78, 5) is 8.24. The van der Waals surface area contributed by atoms with Gasteiger partial charge in [-0.2, -0.15) is 4.99 Å². The van der Waals surface area contributed by atoms with Gasteiger partial charge in [-0.3, -0.25) is 13.3 Å². The van der Waals surface area contributed by atoms with Gasteiger partial charge in [0.25, 0.3) is 0 Å². The quantitative estimate of drug-likeness (QED) is 0.408. The smallest absolute Gasteiger partial charge is 0.158 e. The zero-order valence-electron chi connectivity index (χ0n) is 5.63. The van der Waals surface area contributed by atoms with Crippen LogP contribution in [0.3, 0.4) is 0 Å². The number of allylic oxidation sites excluding steroid dienone is 1. The fraction of sp³-hybridized carbons (Fsp3) is 0.400. The summed E-state index contributed by atoms with van der Waals surface area (Å²) >= 11 is 1.07. The minimum atomic E-state index is 0.741. The van der Waals surface area contributed by atoms with Crippen LogP contribution in [0.4, 0.5) is 0 Å². The molecule has 0 aromatic heterocycles. The van der Waals surface area contributed by atoms with Gasteiger partial charge in [-0.25, -0.2) is 0 Å². The molecule has 0 saturated carbocycles. The molecule has 5 nitrogen and oxygen atoms in total. The number of oxime groups is 1. The minimum absolute atomic E-state index is 0.741. The van der Waals surface area contributed by atoms with E-state index in [9.17, 15) is 0 Å². The van der Waals surface area contributed by atoms with Gasteiger partial charge in [0.15, 0.2) is 12.3 Å². The first-order valence-corrected chi connectivity index (χ1v) is 3.59. The van der Waals surface area contributed by atoms with E-state index in [1.54, 1.807) is 6.08 Å². The highest BCUT2D eigenvalue weighted by atomic mass is 32.2. The maximum Gasteiger partial charge on any atom is 0.158 e.